The zero-order chi connectivity index (χ0) is 25.6. The third-order valence-electron chi connectivity index (χ3n) is 6.80. The second-order valence-electron chi connectivity index (χ2n) is 9.07. The summed E-state index contributed by atoms with van der Waals surface area (Å²) in [6.07, 6.45) is 3.39. The van der Waals surface area contributed by atoms with Gasteiger partial charge in [0.1, 0.15) is 17.7 Å². The second kappa shape index (κ2) is 8.61. The third-order valence-corrected chi connectivity index (χ3v) is 6.80. The summed E-state index contributed by atoms with van der Waals surface area (Å²) < 4.78 is 16.0. The molecule has 182 valence electrons. The summed E-state index contributed by atoms with van der Waals surface area (Å²) in [6, 6.07) is 27.0. The lowest BCUT2D eigenvalue weighted by molar-refractivity contribution is 0.629. The fourth-order valence-corrected chi connectivity index (χ4v) is 5.09. The average Bonchev–Trinajstić information content (AvgIpc) is 3.69. The molecule has 0 saturated heterocycles. The molecule has 0 atom stereocenters. The van der Waals surface area contributed by atoms with Crippen molar-refractivity contribution in [1.82, 2.24) is 24.5 Å². The Morgan fingerprint density at radius 3 is 2.74 bits per heavy atom. The molecule has 7 rings (SSSR count). The fraction of sp³-hybridized carbons (Fsp3) is 0.0333. The number of rotatable bonds is 5. The molecule has 0 aliphatic carbocycles. The number of anilines is 1. The Bertz CT molecular complexity index is 2010. The number of H-pyrrole nitrogens is 2. The van der Waals surface area contributed by atoms with Gasteiger partial charge in [0.15, 0.2) is 0 Å². The number of aromatic amines is 2. The van der Waals surface area contributed by atoms with E-state index < -0.39 is 0 Å². The van der Waals surface area contributed by atoms with E-state index in [0.717, 1.165) is 44.4 Å². The molecule has 0 aliphatic rings. The van der Waals surface area contributed by atoms with Crippen LogP contribution in [0.4, 0.5) is 10.1 Å². The van der Waals surface area contributed by atoms with E-state index in [4.69, 9.17) is 4.98 Å². The highest BCUT2D eigenvalue weighted by molar-refractivity contribution is 6.15. The van der Waals surface area contributed by atoms with Crippen molar-refractivity contribution >= 4 is 38.5 Å². The van der Waals surface area contributed by atoms with Crippen LogP contribution in [0.1, 0.15) is 11.3 Å². The maximum Gasteiger partial charge on any atom is 0.139 e. The Hall–Kier alpha value is -5.42. The number of imidazole rings is 2. The second-order valence-corrected chi connectivity index (χ2v) is 9.07. The predicted molar refractivity (Wildman–Crippen MR) is 146 cm³/mol. The number of benzene rings is 4. The topological polar surface area (TPSA) is 98.1 Å². The summed E-state index contributed by atoms with van der Waals surface area (Å²) in [5.74, 6) is 0.376. The van der Waals surface area contributed by atoms with Crippen LogP contribution in [-0.2, 0) is 6.54 Å². The van der Waals surface area contributed by atoms with E-state index in [1.807, 2.05) is 42.5 Å². The molecular formula is C30H20FN7. The van der Waals surface area contributed by atoms with Crippen molar-refractivity contribution in [1.29, 1.82) is 5.26 Å². The summed E-state index contributed by atoms with van der Waals surface area (Å²) in [4.78, 5) is 15.2. The molecule has 3 heterocycles. The highest BCUT2D eigenvalue weighted by Gasteiger charge is 2.18. The van der Waals surface area contributed by atoms with Gasteiger partial charge in [0.25, 0.3) is 0 Å². The Balaban J connectivity index is 1.43. The van der Waals surface area contributed by atoms with Crippen molar-refractivity contribution in [2.45, 2.75) is 6.54 Å². The summed E-state index contributed by atoms with van der Waals surface area (Å²) in [5.41, 5.74) is 7.46. The lowest BCUT2D eigenvalue weighted by Gasteiger charge is -2.13. The molecule has 0 saturated carbocycles. The van der Waals surface area contributed by atoms with Crippen molar-refractivity contribution < 1.29 is 4.39 Å². The van der Waals surface area contributed by atoms with Gasteiger partial charge < -0.3 is 19.9 Å². The monoisotopic (exact) mass is 497 g/mol. The smallest absolute Gasteiger partial charge is 0.139 e. The average molecular weight is 498 g/mol. The van der Waals surface area contributed by atoms with Crippen LogP contribution in [0.5, 0.6) is 0 Å². The van der Waals surface area contributed by atoms with E-state index in [1.54, 1.807) is 18.6 Å². The van der Waals surface area contributed by atoms with Crippen molar-refractivity contribution in [3.8, 4) is 23.1 Å². The van der Waals surface area contributed by atoms with Gasteiger partial charge >= 0.3 is 0 Å². The van der Waals surface area contributed by atoms with Crippen molar-refractivity contribution in [3.63, 3.8) is 0 Å². The maximum atomic E-state index is 13.8. The number of hydrogen-bond acceptors (Lipinski definition) is 4. The van der Waals surface area contributed by atoms with Gasteiger partial charge in [0.05, 0.1) is 51.9 Å². The molecule has 8 heteroatoms. The molecule has 7 nitrogen and oxygen atoms in total. The number of hydrogen-bond donors (Lipinski definition) is 3. The summed E-state index contributed by atoms with van der Waals surface area (Å²) in [5, 5.41) is 15.2. The van der Waals surface area contributed by atoms with Crippen LogP contribution in [0.25, 0.3) is 49.9 Å². The molecule has 3 N–H and O–H groups in total. The first-order valence-electron chi connectivity index (χ1n) is 12.1. The molecule has 0 spiro atoms. The van der Waals surface area contributed by atoms with Gasteiger partial charge in [-0.1, -0.05) is 30.3 Å². The molecular weight excluding hydrogens is 477 g/mol. The van der Waals surface area contributed by atoms with Crippen LogP contribution in [0.3, 0.4) is 0 Å². The zero-order valence-electron chi connectivity index (χ0n) is 20.0. The molecule has 4 aromatic carbocycles. The minimum Gasteiger partial charge on any atom is -0.378 e. The fourth-order valence-electron chi connectivity index (χ4n) is 5.09. The number of nitrogens with one attached hydrogen (secondary N) is 3. The van der Waals surface area contributed by atoms with Gasteiger partial charge in [-0.3, -0.25) is 0 Å². The van der Waals surface area contributed by atoms with Crippen LogP contribution < -0.4 is 5.32 Å². The Morgan fingerprint density at radius 2 is 1.87 bits per heavy atom. The number of para-hydroxylation sites is 1. The van der Waals surface area contributed by atoms with E-state index in [2.05, 4.69) is 49.1 Å². The lowest BCUT2D eigenvalue weighted by Crippen LogP contribution is -2.03. The SMILES string of the molecule is N#Cc1ccc(-n2c3ccccc3c3c(-c4nc5ccc(F)cc5[nH]4)cccc32)cc1NCc1cnc[nH]1. The molecule has 0 bridgehead atoms. The highest BCUT2D eigenvalue weighted by Crippen LogP contribution is 2.38. The lowest BCUT2D eigenvalue weighted by atomic mass is 10.1. The number of nitriles is 1. The molecule has 0 aliphatic heterocycles. The largest absolute Gasteiger partial charge is 0.378 e. The number of nitrogens with zero attached hydrogens (tertiary/aromatic N) is 4. The van der Waals surface area contributed by atoms with Gasteiger partial charge in [-0.15, -0.1) is 0 Å². The molecule has 0 unspecified atom stereocenters. The van der Waals surface area contributed by atoms with E-state index in [0.29, 0.717) is 29.0 Å². The minimum absolute atomic E-state index is 0.305. The minimum atomic E-state index is -0.305. The summed E-state index contributed by atoms with van der Waals surface area (Å²) >= 11 is 0. The summed E-state index contributed by atoms with van der Waals surface area (Å²) in [7, 11) is 0. The predicted octanol–water partition coefficient (Wildman–Crippen LogP) is 6.67. The highest BCUT2D eigenvalue weighted by atomic mass is 19.1. The summed E-state index contributed by atoms with van der Waals surface area (Å²) in [6.45, 7) is 0.516. The maximum absolute atomic E-state index is 13.8. The molecule has 0 radical (unpaired) electrons. The van der Waals surface area contributed by atoms with Crippen molar-refractivity contribution in [2.75, 3.05) is 5.32 Å². The Kier molecular flexibility index (Phi) is 4.94. The molecule has 3 aromatic heterocycles. The van der Waals surface area contributed by atoms with E-state index in [1.165, 1.54) is 12.1 Å². The first-order chi connectivity index (χ1) is 18.7. The van der Waals surface area contributed by atoms with Crippen LogP contribution >= 0.6 is 0 Å². The van der Waals surface area contributed by atoms with E-state index in [9.17, 15) is 9.65 Å². The van der Waals surface area contributed by atoms with E-state index in [-0.39, 0.29) is 5.82 Å². The third kappa shape index (κ3) is 3.49. The first-order valence-corrected chi connectivity index (χ1v) is 12.1. The molecule has 7 aromatic rings. The van der Waals surface area contributed by atoms with Gasteiger partial charge in [0.2, 0.25) is 0 Å². The molecule has 0 fully saturated rings. The zero-order valence-corrected chi connectivity index (χ0v) is 20.0. The van der Waals surface area contributed by atoms with E-state index >= 15 is 0 Å². The van der Waals surface area contributed by atoms with Crippen LogP contribution in [0.2, 0.25) is 0 Å². The van der Waals surface area contributed by atoms with Gasteiger partial charge in [0, 0.05) is 28.2 Å². The first kappa shape index (κ1) is 21.8. The van der Waals surface area contributed by atoms with Gasteiger partial charge in [-0.05, 0) is 48.5 Å². The Morgan fingerprint density at radius 1 is 0.974 bits per heavy atom. The molecule has 0 amide bonds. The van der Waals surface area contributed by atoms with Gasteiger partial charge in [-0.25, -0.2) is 14.4 Å². The number of halogens is 1. The quantitative estimate of drug-likeness (QED) is 0.247. The Labute approximate surface area is 216 Å². The van der Waals surface area contributed by atoms with Gasteiger partial charge in [-0.2, -0.15) is 5.26 Å². The van der Waals surface area contributed by atoms with Crippen LogP contribution in [0, 0.1) is 17.1 Å². The number of fused-ring (bicyclic) bond motifs is 4. The van der Waals surface area contributed by atoms with Crippen molar-refractivity contribution in [3.05, 3.63) is 108 Å². The van der Waals surface area contributed by atoms with Crippen molar-refractivity contribution in [2.24, 2.45) is 0 Å². The number of aromatic nitrogens is 5. The molecule has 38 heavy (non-hydrogen) atoms. The standard InChI is InChI=1S/C30H20FN7/c31-19-9-11-24-26(12-19)37-30(36-24)23-5-3-7-28-29(23)22-4-1-2-6-27(22)38(28)21-10-8-18(14-32)25(13-21)34-16-20-15-33-17-35-20/h1-13,15,17,34H,16H2,(H,33,35)(H,36,37). The normalized spacial score (nSPS) is 11.4. The van der Waals surface area contributed by atoms with Crippen LogP contribution in [-0.4, -0.2) is 24.5 Å². The van der Waals surface area contributed by atoms with Crippen LogP contribution in [0.15, 0.2) is 91.4 Å².